The van der Waals surface area contributed by atoms with Gasteiger partial charge in [0.15, 0.2) is 11.6 Å². The standard InChI is InChI=1S/C29H40N8O2/c1-19-23-16-26(31-27-17-24(29(2,3)4)37(34-27)22-8-13-39-14-9-22)33-36(23)12-11-35(19)18-20-7-10-30-25(15-20)32-28(38)21-5-6-21/h7,10,15-17,19,21-22H,5-6,8-9,11-14,18H2,1-4H3,(H,30,32,38)(H,31,33,34). The van der Waals surface area contributed by atoms with E-state index in [0.29, 0.717) is 11.9 Å². The van der Waals surface area contributed by atoms with E-state index >= 15 is 0 Å². The molecule has 5 heterocycles. The van der Waals surface area contributed by atoms with Crippen LogP contribution in [0.15, 0.2) is 30.5 Å². The van der Waals surface area contributed by atoms with Gasteiger partial charge in [-0.25, -0.2) is 4.98 Å². The van der Waals surface area contributed by atoms with Crippen molar-refractivity contribution >= 4 is 23.4 Å². The minimum absolute atomic E-state index is 0.0127. The van der Waals surface area contributed by atoms with Crippen molar-refractivity contribution in [2.24, 2.45) is 5.92 Å². The van der Waals surface area contributed by atoms with Crippen LogP contribution in [0.5, 0.6) is 0 Å². The van der Waals surface area contributed by atoms with Crippen LogP contribution in [0.3, 0.4) is 0 Å². The van der Waals surface area contributed by atoms with Crippen molar-refractivity contribution < 1.29 is 9.53 Å². The highest BCUT2D eigenvalue weighted by molar-refractivity contribution is 5.93. The van der Waals surface area contributed by atoms with Gasteiger partial charge in [-0.3, -0.25) is 19.1 Å². The summed E-state index contributed by atoms with van der Waals surface area (Å²) >= 11 is 0. The smallest absolute Gasteiger partial charge is 0.228 e. The zero-order chi connectivity index (χ0) is 27.1. The van der Waals surface area contributed by atoms with Gasteiger partial charge in [0.05, 0.1) is 18.3 Å². The lowest BCUT2D eigenvalue weighted by Crippen LogP contribution is -2.36. The monoisotopic (exact) mass is 532 g/mol. The van der Waals surface area contributed by atoms with Crippen LogP contribution < -0.4 is 10.6 Å². The minimum Gasteiger partial charge on any atom is -0.381 e. The second kappa shape index (κ2) is 10.4. The molecule has 3 aliphatic rings. The van der Waals surface area contributed by atoms with E-state index in [4.69, 9.17) is 14.9 Å². The highest BCUT2D eigenvalue weighted by atomic mass is 16.5. The van der Waals surface area contributed by atoms with Gasteiger partial charge >= 0.3 is 0 Å². The maximum absolute atomic E-state index is 12.2. The van der Waals surface area contributed by atoms with Gasteiger partial charge in [-0.2, -0.15) is 10.2 Å². The molecular formula is C29H40N8O2. The normalized spacial score (nSPS) is 20.6. The summed E-state index contributed by atoms with van der Waals surface area (Å²) in [5.41, 5.74) is 3.54. The summed E-state index contributed by atoms with van der Waals surface area (Å²) in [6.07, 6.45) is 5.72. The highest BCUT2D eigenvalue weighted by Crippen LogP contribution is 2.34. The molecule has 0 bridgehead atoms. The van der Waals surface area contributed by atoms with Crippen LogP contribution in [0, 0.1) is 5.92 Å². The number of carbonyl (C=O) groups is 1. The van der Waals surface area contributed by atoms with Gasteiger partial charge in [-0.05, 0) is 50.3 Å². The molecule has 2 N–H and O–H groups in total. The molecule has 1 atom stereocenters. The second-order valence-electron chi connectivity index (χ2n) is 12.2. The fraction of sp³-hybridized carbons (Fsp3) is 0.586. The number of aromatic nitrogens is 5. The molecule has 3 aromatic rings. The number of pyridine rings is 1. The lowest BCUT2D eigenvalue weighted by Gasteiger charge is -2.33. The number of rotatable bonds is 7. The van der Waals surface area contributed by atoms with E-state index in [0.717, 1.165) is 75.7 Å². The van der Waals surface area contributed by atoms with E-state index in [1.54, 1.807) is 6.20 Å². The van der Waals surface area contributed by atoms with Gasteiger partial charge < -0.3 is 15.4 Å². The highest BCUT2D eigenvalue weighted by Gasteiger charge is 2.31. The van der Waals surface area contributed by atoms with Crippen molar-refractivity contribution in [2.45, 2.75) is 84.0 Å². The van der Waals surface area contributed by atoms with Crippen molar-refractivity contribution in [2.75, 3.05) is 30.4 Å². The molecule has 1 saturated heterocycles. The summed E-state index contributed by atoms with van der Waals surface area (Å²) in [5, 5.41) is 16.3. The number of nitrogens with one attached hydrogen (secondary N) is 2. The first-order valence-electron chi connectivity index (χ1n) is 14.3. The maximum atomic E-state index is 12.2. The van der Waals surface area contributed by atoms with E-state index < -0.39 is 0 Å². The molecule has 10 nitrogen and oxygen atoms in total. The van der Waals surface area contributed by atoms with Crippen molar-refractivity contribution in [1.82, 2.24) is 29.4 Å². The molecular weight excluding hydrogens is 492 g/mol. The number of hydrogen-bond donors (Lipinski definition) is 2. The SMILES string of the molecule is CC1c2cc(Nc3cc(C(C)(C)C)n(C4CCOCC4)n3)nn2CCN1Cc1ccnc(NC(=O)C2CC2)c1. The predicted octanol–water partition coefficient (Wildman–Crippen LogP) is 4.79. The molecule has 0 spiro atoms. The number of amides is 1. The molecule has 0 aromatic carbocycles. The summed E-state index contributed by atoms with van der Waals surface area (Å²) in [7, 11) is 0. The summed E-state index contributed by atoms with van der Waals surface area (Å²) in [4.78, 5) is 19.0. The van der Waals surface area contributed by atoms with E-state index in [2.05, 4.69) is 69.7 Å². The minimum atomic E-state index is -0.0127. The van der Waals surface area contributed by atoms with Gasteiger partial charge in [-0.15, -0.1) is 0 Å². The number of nitrogens with zero attached hydrogens (tertiary/aromatic N) is 6. The van der Waals surface area contributed by atoms with E-state index in [1.807, 2.05) is 12.1 Å². The maximum Gasteiger partial charge on any atom is 0.228 e. The Labute approximate surface area is 230 Å². The van der Waals surface area contributed by atoms with E-state index in [9.17, 15) is 4.79 Å². The van der Waals surface area contributed by atoms with Crippen LogP contribution in [0.2, 0.25) is 0 Å². The summed E-state index contributed by atoms with van der Waals surface area (Å²) < 4.78 is 9.91. The van der Waals surface area contributed by atoms with Crippen LogP contribution in [0.1, 0.15) is 82.4 Å². The van der Waals surface area contributed by atoms with E-state index in [1.165, 1.54) is 11.4 Å². The summed E-state index contributed by atoms with van der Waals surface area (Å²) in [5.74, 6) is 2.55. The largest absolute Gasteiger partial charge is 0.381 e. The average Bonchev–Trinajstić information content (AvgIpc) is 3.55. The lowest BCUT2D eigenvalue weighted by atomic mass is 9.91. The van der Waals surface area contributed by atoms with Gasteiger partial charge in [0.2, 0.25) is 5.91 Å². The predicted molar refractivity (Wildman–Crippen MR) is 150 cm³/mol. The zero-order valence-corrected chi connectivity index (χ0v) is 23.5. The molecule has 10 heteroatoms. The quantitative estimate of drug-likeness (QED) is 0.451. The Morgan fingerprint density at radius 2 is 1.79 bits per heavy atom. The first-order valence-corrected chi connectivity index (χ1v) is 14.3. The molecule has 208 valence electrons. The fourth-order valence-corrected chi connectivity index (χ4v) is 5.63. The van der Waals surface area contributed by atoms with Crippen LogP contribution in [-0.2, 0) is 28.0 Å². The van der Waals surface area contributed by atoms with Crippen LogP contribution in [-0.4, -0.2) is 55.1 Å². The second-order valence-corrected chi connectivity index (χ2v) is 12.2. The Kier molecular flexibility index (Phi) is 6.93. The Morgan fingerprint density at radius 1 is 1.03 bits per heavy atom. The molecule has 3 aromatic heterocycles. The molecule has 1 unspecified atom stereocenters. The number of anilines is 3. The fourth-order valence-electron chi connectivity index (χ4n) is 5.63. The van der Waals surface area contributed by atoms with Crippen molar-refractivity contribution in [3.63, 3.8) is 0 Å². The number of ether oxygens (including phenoxy) is 1. The molecule has 2 fully saturated rings. The number of carbonyl (C=O) groups excluding carboxylic acids is 1. The van der Waals surface area contributed by atoms with Gasteiger partial charge in [0, 0.05) is 67.7 Å². The number of hydrogen-bond acceptors (Lipinski definition) is 7. The van der Waals surface area contributed by atoms with Gasteiger partial charge in [-0.1, -0.05) is 20.8 Å². The zero-order valence-electron chi connectivity index (χ0n) is 23.5. The van der Waals surface area contributed by atoms with Gasteiger partial charge in [0.25, 0.3) is 0 Å². The molecule has 2 aliphatic heterocycles. The van der Waals surface area contributed by atoms with Gasteiger partial charge in [0.1, 0.15) is 5.82 Å². The Hall–Kier alpha value is -3.24. The van der Waals surface area contributed by atoms with E-state index in [-0.39, 0.29) is 23.3 Å². The third-order valence-electron chi connectivity index (χ3n) is 8.09. The average molecular weight is 533 g/mol. The Balaban J connectivity index is 1.15. The summed E-state index contributed by atoms with van der Waals surface area (Å²) in [6.45, 7) is 13.0. The molecule has 1 saturated carbocycles. The molecule has 6 rings (SSSR count). The topological polar surface area (TPSA) is 102 Å². The van der Waals surface area contributed by atoms with Crippen LogP contribution >= 0.6 is 0 Å². The first-order chi connectivity index (χ1) is 18.7. The van der Waals surface area contributed by atoms with Crippen molar-refractivity contribution in [1.29, 1.82) is 0 Å². The van der Waals surface area contributed by atoms with Crippen molar-refractivity contribution in [3.8, 4) is 0 Å². The lowest BCUT2D eigenvalue weighted by molar-refractivity contribution is -0.117. The van der Waals surface area contributed by atoms with Crippen molar-refractivity contribution in [3.05, 3.63) is 47.4 Å². The summed E-state index contributed by atoms with van der Waals surface area (Å²) in [6, 6.07) is 8.90. The Morgan fingerprint density at radius 3 is 2.54 bits per heavy atom. The number of fused-ring (bicyclic) bond motifs is 1. The van der Waals surface area contributed by atoms with Crippen LogP contribution in [0.4, 0.5) is 17.5 Å². The molecule has 0 radical (unpaired) electrons. The Bertz CT molecular complexity index is 1330. The van der Waals surface area contributed by atoms with Crippen LogP contribution in [0.25, 0.3) is 0 Å². The third-order valence-corrected chi connectivity index (χ3v) is 8.09. The molecule has 1 aliphatic carbocycles. The molecule has 39 heavy (non-hydrogen) atoms. The molecule has 1 amide bonds. The third kappa shape index (κ3) is 5.72. The first kappa shape index (κ1) is 26.0.